The highest BCUT2D eigenvalue weighted by atomic mass is 35.5. The van der Waals surface area contributed by atoms with Crippen LogP contribution in [0.2, 0.25) is 5.02 Å². The van der Waals surface area contributed by atoms with Crippen molar-refractivity contribution in [1.29, 1.82) is 0 Å². The fourth-order valence-corrected chi connectivity index (χ4v) is 1.93. The van der Waals surface area contributed by atoms with E-state index in [4.69, 9.17) is 11.6 Å². The molecule has 3 nitrogen and oxygen atoms in total. The Morgan fingerprint density at radius 2 is 1.75 bits per heavy atom. The largest absolute Gasteiger partial charge is 0.374 e. The molecule has 1 amide bonds. The van der Waals surface area contributed by atoms with Crippen molar-refractivity contribution in [2.75, 3.05) is 5.32 Å². The third-order valence-corrected chi connectivity index (χ3v) is 3.18. The molecule has 0 bridgehead atoms. The van der Waals surface area contributed by atoms with Gasteiger partial charge in [0.25, 0.3) is 0 Å². The van der Waals surface area contributed by atoms with Gasteiger partial charge in [-0.1, -0.05) is 41.9 Å². The van der Waals surface area contributed by atoms with Crippen molar-refractivity contribution in [2.24, 2.45) is 0 Å². The molecule has 1 atom stereocenters. The average Bonchev–Trinajstić information content (AvgIpc) is 2.48. The smallest absolute Gasteiger partial charge is 0.242 e. The standard InChI is InChI=1S/C16H17ClN2O/c1-12(19-15-9-7-14(17)8-10-15)16(20)18-11-13-5-3-2-4-6-13/h2-10,12,19H,11H2,1H3,(H,18,20)/t12-/m1/s1. The van der Waals surface area contributed by atoms with Gasteiger partial charge in [0.1, 0.15) is 6.04 Å². The van der Waals surface area contributed by atoms with Gasteiger partial charge >= 0.3 is 0 Å². The molecule has 0 aliphatic heterocycles. The molecule has 0 heterocycles. The number of rotatable bonds is 5. The summed E-state index contributed by atoms with van der Waals surface area (Å²) in [4.78, 5) is 12.0. The SMILES string of the molecule is C[C@@H](Nc1ccc(Cl)cc1)C(=O)NCc1ccccc1. The first-order valence-corrected chi connectivity index (χ1v) is 6.86. The Kier molecular flexibility index (Phi) is 5.02. The predicted octanol–water partition coefficient (Wildman–Crippen LogP) is 3.46. The van der Waals surface area contributed by atoms with E-state index in [1.807, 2.05) is 49.4 Å². The first-order valence-electron chi connectivity index (χ1n) is 6.49. The highest BCUT2D eigenvalue weighted by Gasteiger charge is 2.11. The molecule has 2 aromatic carbocycles. The lowest BCUT2D eigenvalue weighted by Gasteiger charge is -2.15. The lowest BCUT2D eigenvalue weighted by Crippen LogP contribution is -2.37. The van der Waals surface area contributed by atoms with Crippen LogP contribution in [0.15, 0.2) is 54.6 Å². The lowest BCUT2D eigenvalue weighted by atomic mass is 10.2. The molecule has 4 heteroatoms. The van der Waals surface area contributed by atoms with Crippen molar-refractivity contribution in [3.8, 4) is 0 Å². The topological polar surface area (TPSA) is 41.1 Å². The van der Waals surface area contributed by atoms with Gasteiger partial charge in [-0.3, -0.25) is 4.79 Å². The summed E-state index contributed by atoms with van der Waals surface area (Å²) in [7, 11) is 0. The Balaban J connectivity index is 1.84. The van der Waals surface area contributed by atoms with E-state index in [0.717, 1.165) is 11.3 Å². The summed E-state index contributed by atoms with van der Waals surface area (Å²) in [6.45, 7) is 2.36. The van der Waals surface area contributed by atoms with Crippen LogP contribution in [-0.4, -0.2) is 11.9 Å². The minimum atomic E-state index is -0.306. The molecule has 0 saturated heterocycles. The molecule has 2 N–H and O–H groups in total. The van der Waals surface area contributed by atoms with Crippen LogP contribution in [0.25, 0.3) is 0 Å². The molecule has 2 aromatic rings. The summed E-state index contributed by atoms with van der Waals surface area (Å²) >= 11 is 5.82. The van der Waals surface area contributed by atoms with Crippen molar-refractivity contribution >= 4 is 23.2 Å². The molecule has 0 spiro atoms. The van der Waals surface area contributed by atoms with E-state index in [1.54, 1.807) is 12.1 Å². The van der Waals surface area contributed by atoms with Gasteiger partial charge in [0, 0.05) is 17.3 Å². The van der Waals surface area contributed by atoms with Crippen LogP contribution in [0.5, 0.6) is 0 Å². The molecule has 0 aliphatic rings. The maximum Gasteiger partial charge on any atom is 0.242 e. The zero-order valence-corrected chi connectivity index (χ0v) is 12.0. The fourth-order valence-electron chi connectivity index (χ4n) is 1.80. The van der Waals surface area contributed by atoms with Crippen LogP contribution >= 0.6 is 11.6 Å². The van der Waals surface area contributed by atoms with Gasteiger partial charge in [-0.15, -0.1) is 0 Å². The third kappa shape index (κ3) is 4.28. The summed E-state index contributed by atoms with van der Waals surface area (Å²) in [6, 6.07) is 16.8. The van der Waals surface area contributed by atoms with Crippen molar-refractivity contribution in [2.45, 2.75) is 19.5 Å². The number of nitrogens with one attached hydrogen (secondary N) is 2. The summed E-state index contributed by atoms with van der Waals surface area (Å²) in [5, 5.41) is 6.71. The fraction of sp³-hybridized carbons (Fsp3) is 0.188. The molecular weight excluding hydrogens is 272 g/mol. The second-order valence-electron chi connectivity index (χ2n) is 4.58. The highest BCUT2D eigenvalue weighted by molar-refractivity contribution is 6.30. The summed E-state index contributed by atoms with van der Waals surface area (Å²) in [6.07, 6.45) is 0. The number of halogens is 1. The van der Waals surface area contributed by atoms with E-state index in [2.05, 4.69) is 10.6 Å². The third-order valence-electron chi connectivity index (χ3n) is 2.93. The first kappa shape index (κ1) is 14.4. The normalized spacial score (nSPS) is 11.7. The zero-order chi connectivity index (χ0) is 14.4. The van der Waals surface area contributed by atoms with Crippen LogP contribution in [0.4, 0.5) is 5.69 Å². The number of amides is 1. The van der Waals surface area contributed by atoms with Crippen molar-refractivity contribution in [3.63, 3.8) is 0 Å². The molecule has 0 aliphatic carbocycles. The highest BCUT2D eigenvalue weighted by Crippen LogP contribution is 2.14. The van der Waals surface area contributed by atoms with E-state index in [9.17, 15) is 4.79 Å². The Morgan fingerprint density at radius 3 is 2.40 bits per heavy atom. The van der Waals surface area contributed by atoms with Gasteiger partial charge in [-0.2, -0.15) is 0 Å². The molecule has 0 radical (unpaired) electrons. The maximum atomic E-state index is 12.0. The van der Waals surface area contributed by atoms with Crippen LogP contribution in [-0.2, 0) is 11.3 Å². The van der Waals surface area contributed by atoms with Crippen LogP contribution in [0.1, 0.15) is 12.5 Å². The first-order chi connectivity index (χ1) is 9.65. The number of anilines is 1. The lowest BCUT2D eigenvalue weighted by molar-refractivity contribution is -0.121. The molecule has 0 unspecified atom stereocenters. The predicted molar refractivity (Wildman–Crippen MR) is 82.8 cm³/mol. The number of benzene rings is 2. The molecule has 0 saturated carbocycles. The number of hydrogen-bond acceptors (Lipinski definition) is 2. The molecular formula is C16H17ClN2O. The summed E-state index contributed by atoms with van der Waals surface area (Å²) < 4.78 is 0. The number of hydrogen-bond donors (Lipinski definition) is 2. The Hall–Kier alpha value is -2.00. The van der Waals surface area contributed by atoms with E-state index in [0.29, 0.717) is 11.6 Å². The van der Waals surface area contributed by atoms with Crippen molar-refractivity contribution < 1.29 is 4.79 Å². The Bertz CT molecular complexity index is 554. The average molecular weight is 289 g/mol. The zero-order valence-electron chi connectivity index (χ0n) is 11.3. The van der Waals surface area contributed by atoms with Gasteiger partial charge in [0.2, 0.25) is 5.91 Å². The van der Waals surface area contributed by atoms with Gasteiger partial charge in [0.05, 0.1) is 0 Å². The van der Waals surface area contributed by atoms with Crippen LogP contribution in [0, 0.1) is 0 Å². The van der Waals surface area contributed by atoms with E-state index in [1.165, 1.54) is 0 Å². The van der Waals surface area contributed by atoms with Gasteiger partial charge < -0.3 is 10.6 Å². The van der Waals surface area contributed by atoms with Gasteiger partial charge in [0.15, 0.2) is 0 Å². The molecule has 0 aromatic heterocycles. The molecule has 104 valence electrons. The minimum absolute atomic E-state index is 0.0381. The molecule has 2 rings (SSSR count). The second-order valence-corrected chi connectivity index (χ2v) is 5.01. The molecule has 0 fully saturated rings. The Morgan fingerprint density at radius 1 is 1.10 bits per heavy atom. The van der Waals surface area contributed by atoms with E-state index >= 15 is 0 Å². The number of carbonyl (C=O) groups excluding carboxylic acids is 1. The van der Waals surface area contributed by atoms with Gasteiger partial charge in [-0.05, 0) is 36.8 Å². The quantitative estimate of drug-likeness (QED) is 0.885. The molecule has 20 heavy (non-hydrogen) atoms. The van der Waals surface area contributed by atoms with Gasteiger partial charge in [-0.25, -0.2) is 0 Å². The van der Waals surface area contributed by atoms with Crippen molar-refractivity contribution in [3.05, 3.63) is 65.2 Å². The summed E-state index contributed by atoms with van der Waals surface area (Å²) in [5.41, 5.74) is 1.95. The second kappa shape index (κ2) is 6.96. The van der Waals surface area contributed by atoms with E-state index in [-0.39, 0.29) is 11.9 Å². The van der Waals surface area contributed by atoms with Crippen molar-refractivity contribution in [1.82, 2.24) is 5.32 Å². The maximum absolute atomic E-state index is 12.0. The van der Waals surface area contributed by atoms with Crippen LogP contribution in [0.3, 0.4) is 0 Å². The van der Waals surface area contributed by atoms with Crippen LogP contribution < -0.4 is 10.6 Å². The minimum Gasteiger partial charge on any atom is -0.374 e. The monoisotopic (exact) mass is 288 g/mol. The number of carbonyl (C=O) groups is 1. The summed E-state index contributed by atoms with van der Waals surface area (Å²) in [5.74, 6) is -0.0381. The van der Waals surface area contributed by atoms with E-state index < -0.39 is 0 Å². The Labute approximate surface area is 124 Å².